The van der Waals surface area contributed by atoms with Crippen LogP contribution in [0.1, 0.15) is 55.9 Å². The smallest absolute Gasteiger partial charge is 0.410 e. The number of nitrogens with one attached hydrogen (secondary N) is 2. The predicted octanol–water partition coefficient (Wildman–Crippen LogP) is 1.86. The van der Waals surface area contributed by atoms with E-state index >= 15 is 0 Å². The van der Waals surface area contributed by atoms with Gasteiger partial charge in [-0.05, 0) is 34.1 Å². The van der Waals surface area contributed by atoms with Crippen LogP contribution in [0.15, 0.2) is 0 Å². The van der Waals surface area contributed by atoms with Crippen LogP contribution < -0.4 is 5.32 Å². The van der Waals surface area contributed by atoms with Gasteiger partial charge in [0.1, 0.15) is 5.60 Å². The number of aromatic amines is 1. The van der Waals surface area contributed by atoms with Gasteiger partial charge in [-0.1, -0.05) is 0 Å². The Bertz CT molecular complexity index is 606. The fourth-order valence-electron chi connectivity index (χ4n) is 2.57. The highest BCUT2D eigenvalue weighted by Crippen LogP contribution is 2.22. The van der Waals surface area contributed by atoms with Crippen LogP contribution in [0.25, 0.3) is 0 Å². The first kappa shape index (κ1) is 19.2. The van der Waals surface area contributed by atoms with E-state index in [0.29, 0.717) is 45.0 Å². The first-order valence-corrected chi connectivity index (χ1v) is 8.71. The monoisotopic (exact) mass is 352 g/mol. The first-order chi connectivity index (χ1) is 11.8. The largest absolute Gasteiger partial charge is 0.444 e. The maximum absolute atomic E-state index is 12.3. The molecular formula is C17H28N4O4. The predicted molar refractivity (Wildman–Crippen MR) is 92.4 cm³/mol. The molecule has 1 aromatic heterocycles. The van der Waals surface area contributed by atoms with Crippen molar-refractivity contribution in [2.45, 2.75) is 52.7 Å². The van der Waals surface area contributed by atoms with Gasteiger partial charge >= 0.3 is 6.09 Å². The quantitative estimate of drug-likeness (QED) is 0.762. The van der Waals surface area contributed by atoms with E-state index in [1.807, 2.05) is 27.7 Å². The van der Waals surface area contributed by atoms with Crippen LogP contribution in [0.4, 0.5) is 4.79 Å². The summed E-state index contributed by atoms with van der Waals surface area (Å²) in [5.41, 5.74) is 1.47. The molecule has 0 radical (unpaired) electrons. The van der Waals surface area contributed by atoms with Crippen molar-refractivity contribution in [2.75, 3.05) is 26.3 Å². The molecule has 1 aromatic rings. The number of carbonyl (C=O) groups excluding carboxylic acids is 2. The molecule has 0 fully saturated rings. The standard InChI is InChI=1S/C17H28N4O4/c1-5-24-10-6-8-18-15(22)14-12-11-21(9-7-13(12)19-20-14)16(23)25-17(2,3)4/h5-11H2,1-4H3,(H,18,22)(H,19,20). The van der Waals surface area contributed by atoms with Crippen LogP contribution >= 0.6 is 0 Å². The third-order valence-corrected chi connectivity index (χ3v) is 3.76. The van der Waals surface area contributed by atoms with Crippen LogP contribution in [0.2, 0.25) is 0 Å². The van der Waals surface area contributed by atoms with E-state index in [1.165, 1.54) is 0 Å². The molecule has 0 spiro atoms. The number of carbonyl (C=O) groups is 2. The lowest BCUT2D eigenvalue weighted by Crippen LogP contribution is -2.40. The molecule has 2 amide bonds. The molecule has 2 heterocycles. The minimum atomic E-state index is -0.547. The van der Waals surface area contributed by atoms with E-state index in [1.54, 1.807) is 4.90 Å². The third kappa shape index (κ3) is 5.45. The van der Waals surface area contributed by atoms with Crippen LogP contribution in [0.5, 0.6) is 0 Å². The van der Waals surface area contributed by atoms with Crippen LogP contribution in [-0.4, -0.2) is 59.0 Å². The summed E-state index contributed by atoms with van der Waals surface area (Å²) >= 11 is 0. The van der Waals surface area contributed by atoms with Gasteiger partial charge in [-0.2, -0.15) is 5.10 Å². The number of ether oxygens (including phenoxy) is 2. The number of nitrogens with zero attached hydrogens (tertiary/aromatic N) is 2. The molecule has 8 heteroatoms. The molecule has 2 N–H and O–H groups in total. The highest BCUT2D eigenvalue weighted by molar-refractivity contribution is 5.94. The Morgan fingerprint density at radius 3 is 2.80 bits per heavy atom. The van der Waals surface area contributed by atoms with Crippen molar-refractivity contribution >= 4 is 12.0 Å². The third-order valence-electron chi connectivity index (χ3n) is 3.76. The summed E-state index contributed by atoms with van der Waals surface area (Å²) in [6, 6.07) is 0. The number of aromatic nitrogens is 2. The van der Waals surface area contributed by atoms with Gasteiger partial charge in [0.05, 0.1) is 6.54 Å². The molecule has 0 unspecified atom stereocenters. The van der Waals surface area contributed by atoms with Crippen molar-refractivity contribution in [1.29, 1.82) is 0 Å². The van der Waals surface area contributed by atoms with Gasteiger partial charge in [0.25, 0.3) is 5.91 Å². The topological polar surface area (TPSA) is 96.5 Å². The van der Waals surface area contributed by atoms with Crippen molar-refractivity contribution in [3.8, 4) is 0 Å². The number of H-pyrrole nitrogens is 1. The number of rotatable bonds is 6. The Morgan fingerprint density at radius 1 is 1.36 bits per heavy atom. The second kappa shape index (κ2) is 8.33. The molecular weight excluding hydrogens is 324 g/mol. The van der Waals surface area contributed by atoms with Gasteiger partial charge in [-0.3, -0.25) is 9.89 Å². The Labute approximate surface area is 148 Å². The van der Waals surface area contributed by atoms with Gasteiger partial charge < -0.3 is 19.7 Å². The summed E-state index contributed by atoms with van der Waals surface area (Å²) in [5, 5.41) is 9.89. The van der Waals surface area contributed by atoms with Crippen LogP contribution in [0, 0.1) is 0 Å². The molecule has 0 aliphatic carbocycles. The van der Waals surface area contributed by atoms with Crippen molar-refractivity contribution in [2.24, 2.45) is 0 Å². The van der Waals surface area contributed by atoms with Gasteiger partial charge in [0.15, 0.2) is 5.69 Å². The van der Waals surface area contributed by atoms with Crippen molar-refractivity contribution in [1.82, 2.24) is 20.4 Å². The maximum atomic E-state index is 12.3. The average Bonchev–Trinajstić information content (AvgIpc) is 2.96. The van der Waals surface area contributed by atoms with E-state index in [0.717, 1.165) is 17.7 Å². The van der Waals surface area contributed by atoms with Gasteiger partial charge in [0, 0.05) is 44.0 Å². The maximum Gasteiger partial charge on any atom is 0.410 e. The Morgan fingerprint density at radius 2 is 2.12 bits per heavy atom. The summed E-state index contributed by atoms with van der Waals surface area (Å²) in [7, 11) is 0. The molecule has 25 heavy (non-hydrogen) atoms. The van der Waals surface area contributed by atoms with Gasteiger partial charge in [0.2, 0.25) is 0 Å². The van der Waals surface area contributed by atoms with E-state index in [9.17, 15) is 9.59 Å². The van der Waals surface area contributed by atoms with Crippen LogP contribution in [-0.2, 0) is 22.4 Å². The second-order valence-corrected chi connectivity index (χ2v) is 6.99. The Kier molecular flexibility index (Phi) is 6.41. The highest BCUT2D eigenvalue weighted by atomic mass is 16.6. The van der Waals surface area contributed by atoms with E-state index in [4.69, 9.17) is 9.47 Å². The molecule has 0 atom stereocenters. The summed E-state index contributed by atoms with van der Waals surface area (Å²) in [5.74, 6) is -0.236. The average molecular weight is 352 g/mol. The molecule has 0 saturated heterocycles. The number of hydrogen-bond acceptors (Lipinski definition) is 5. The van der Waals surface area contributed by atoms with E-state index < -0.39 is 5.60 Å². The SMILES string of the molecule is CCOCCCNC(=O)c1n[nH]c2c1CN(C(=O)OC(C)(C)C)CC2. The number of amides is 2. The molecule has 0 bridgehead atoms. The number of hydrogen-bond donors (Lipinski definition) is 2. The fraction of sp³-hybridized carbons (Fsp3) is 0.706. The normalized spacial score (nSPS) is 14.2. The fourth-order valence-corrected chi connectivity index (χ4v) is 2.57. The minimum Gasteiger partial charge on any atom is -0.444 e. The van der Waals surface area contributed by atoms with Gasteiger partial charge in [-0.25, -0.2) is 4.79 Å². The molecule has 140 valence electrons. The Balaban J connectivity index is 1.96. The Hall–Kier alpha value is -2.09. The van der Waals surface area contributed by atoms with Crippen molar-refractivity contribution < 1.29 is 19.1 Å². The van der Waals surface area contributed by atoms with Crippen molar-refractivity contribution in [3.05, 3.63) is 17.0 Å². The lowest BCUT2D eigenvalue weighted by Gasteiger charge is -2.30. The highest BCUT2D eigenvalue weighted by Gasteiger charge is 2.30. The summed E-state index contributed by atoms with van der Waals surface area (Å²) in [6.45, 7) is 10.1. The lowest BCUT2D eigenvalue weighted by atomic mass is 10.1. The first-order valence-electron chi connectivity index (χ1n) is 8.71. The van der Waals surface area contributed by atoms with E-state index in [2.05, 4.69) is 15.5 Å². The van der Waals surface area contributed by atoms with Crippen molar-refractivity contribution in [3.63, 3.8) is 0 Å². The minimum absolute atomic E-state index is 0.236. The molecule has 8 nitrogen and oxygen atoms in total. The summed E-state index contributed by atoms with van der Waals surface area (Å²) < 4.78 is 10.7. The molecule has 2 rings (SSSR count). The zero-order valence-corrected chi connectivity index (χ0v) is 15.5. The molecule has 1 aliphatic heterocycles. The van der Waals surface area contributed by atoms with Gasteiger partial charge in [-0.15, -0.1) is 0 Å². The van der Waals surface area contributed by atoms with Crippen LogP contribution in [0.3, 0.4) is 0 Å². The molecule has 0 aromatic carbocycles. The molecule has 0 saturated carbocycles. The zero-order valence-electron chi connectivity index (χ0n) is 15.5. The number of fused-ring (bicyclic) bond motifs is 1. The van der Waals surface area contributed by atoms with E-state index in [-0.39, 0.29) is 12.0 Å². The zero-order chi connectivity index (χ0) is 18.4. The molecule has 1 aliphatic rings. The summed E-state index contributed by atoms with van der Waals surface area (Å²) in [6.07, 6.45) is 0.998. The second-order valence-electron chi connectivity index (χ2n) is 6.99. The lowest BCUT2D eigenvalue weighted by molar-refractivity contribution is 0.0222. The summed E-state index contributed by atoms with van der Waals surface area (Å²) in [4.78, 5) is 26.2.